The van der Waals surface area contributed by atoms with E-state index in [9.17, 15) is 13.2 Å². The summed E-state index contributed by atoms with van der Waals surface area (Å²) in [7, 11) is -2.20. The standard InChI is InChI=1S/C21H28N2O5S/c1-5-23(6-2)29(25,26)20-15-17(12-13-19(20)28-7-3)22-21(24)14-16-10-8-9-11-18(16)27-4/h8-13,15H,5-7,14H2,1-4H3,(H,22,24). The molecule has 0 aliphatic rings. The summed E-state index contributed by atoms with van der Waals surface area (Å²) in [5.41, 5.74) is 1.13. The van der Waals surface area contributed by atoms with Gasteiger partial charge < -0.3 is 14.8 Å². The number of hydrogen-bond donors (Lipinski definition) is 1. The Morgan fingerprint density at radius 3 is 2.34 bits per heavy atom. The van der Waals surface area contributed by atoms with E-state index in [0.717, 1.165) is 5.56 Å². The third kappa shape index (κ3) is 5.48. The fraction of sp³-hybridized carbons (Fsp3) is 0.381. The van der Waals surface area contributed by atoms with Crippen LogP contribution in [0, 0.1) is 0 Å². The average molecular weight is 421 g/mol. The van der Waals surface area contributed by atoms with Gasteiger partial charge in [-0.05, 0) is 31.2 Å². The number of para-hydroxylation sites is 1. The predicted molar refractivity (Wildman–Crippen MR) is 113 cm³/mol. The molecule has 7 nitrogen and oxygen atoms in total. The molecule has 0 aliphatic carbocycles. The maximum Gasteiger partial charge on any atom is 0.246 e. The van der Waals surface area contributed by atoms with Crippen molar-refractivity contribution in [3.8, 4) is 11.5 Å². The van der Waals surface area contributed by atoms with Gasteiger partial charge in [-0.2, -0.15) is 4.31 Å². The third-order valence-corrected chi connectivity index (χ3v) is 6.47. The molecule has 0 atom stereocenters. The number of hydrogen-bond acceptors (Lipinski definition) is 5. The lowest BCUT2D eigenvalue weighted by molar-refractivity contribution is -0.115. The second-order valence-corrected chi connectivity index (χ2v) is 8.13. The van der Waals surface area contributed by atoms with E-state index in [1.807, 2.05) is 18.2 Å². The molecule has 0 spiro atoms. The van der Waals surface area contributed by atoms with Gasteiger partial charge in [0, 0.05) is 24.3 Å². The fourth-order valence-corrected chi connectivity index (χ4v) is 4.61. The van der Waals surface area contributed by atoms with Crippen molar-refractivity contribution in [1.82, 2.24) is 4.31 Å². The topological polar surface area (TPSA) is 84.9 Å². The minimum atomic E-state index is -3.74. The first kappa shape index (κ1) is 22.7. The van der Waals surface area contributed by atoms with Crippen LogP contribution in [0.25, 0.3) is 0 Å². The summed E-state index contributed by atoms with van der Waals surface area (Å²) in [6.07, 6.45) is 0.107. The van der Waals surface area contributed by atoms with Crippen molar-refractivity contribution < 1.29 is 22.7 Å². The molecule has 2 aromatic carbocycles. The first-order valence-corrected chi connectivity index (χ1v) is 11.0. The molecule has 0 aliphatic heterocycles. The van der Waals surface area contributed by atoms with Crippen molar-refractivity contribution in [3.05, 3.63) is 48.0 Å². The smallest absolute Gasteiger partial charge is 0.246 e. The highest BCUT2D eigenvalue weighted by Gasteiger charge is 2.26. The van der Waals surface area contributed by atoms with Crippen LogP contribution >= 0.6 is 0 Å². The molecule has 0 radical (unpaired) electrons. The first-order valence-electron chi connectivity index (χ1n) is 9.56. The number of methoxy groups -OCH3 is 1. The van der Waals surface area contributed by atoms with Crippen LogP contribution in [-0.2, 0) is 21.2 Å². The van der Waals surface area contributed by atoms with Crippen LogP contribution in [0.2, 0.25) is 0 Å². The number of carbonyl (C=O) groups is 1. The summed E-state index contributed by atoms with van der Waals surface area (Å²) < 4.78 is 38.2. The Morgan fingerprint density at radius 1 is 1.03 bits per heavy atom. The maximum absolute atomic E-state index is 13.0. The zero-order chi connectivity index (χ0) is 21.4. The van der Waals surface area contributed by atoms with Crippen LogP contribution in [-0.4, -0.2) is 45.4 Å². The second kappa shape index (κ2) is 10.3. The molecule has 158 valence electrons. The SMILES string of the molecule is CCOc1ccc(NC(=O)Cc2ccccc2OC)cc1S(=O)(=O)N(CC)CC. The molecule has 2 aromatic rings. The highest BCUT2D eigenvalue weighted by molar-refractivity contribution is 7.89. The van der Waals surface area contributed by atoms with Gasteiger partial charge in [0.05, 0.1) is 20.1 Å². The Bertz CT molecular complexity index is 940. The lowest BCUT2D eigenvalue weighted by atomic mass is 10.1. The number of rotatable bonds is 10. The largest absolute Gasteiger partial charge is 0.496 e. The first-order chi connectivity index (χ1) is 13.9. The highest BCUT2D eigenvalue weighted by Crippen LogP contribution is 2.30. The van der Waals surface area contributed by atoms with E-state index in [2.05, 4.69) is 5.32 Å². The molecular weight excluding hydrogens is 392 g/mol. The number of nitrogens with one attached hydrogen (secondary N) is 1. The number of anilines is 1. The number of sulfonamides is 1. The number of ether oxygens (including phenoxy) is 2. The summed E-state index contributed by atoms with van der Waals surface area (Å²) in [6, 6.07) is 11.9. The summed E-state index contributed by atoms with van der Waals surface area (Å²) in [5.74, 6) is 0.617. The molecule has 0 aromatic heterocycles. The van der Waals surface area contributed by atoms with Gasteiger partial charge in [0.2, 0.25) is 15.9 Å². The Morgan fingerprint density at radius 2 is 1.72 bits per heavy atom. The third-order valence-electron chi connectivity index (χ3n) is 4.39. The average Bonchev–Trinajstić information content (AvgIpc) is 2.70. The van der Waals surface area contributed by atoms with E-state index in [1.165, 1.54) is 10.4 Å². The quantitative estimate of drug-likeness (QED) is 0.637. The van der Waals surface area contributed by atoms with E-state index < -0.39 is 10.0 Å². The van der Waals surface area contributed by atoms with E-state index in [4.69, 9.17) is 9.47 Å². The van der Waals surface area contributed by atoms with Gasteiger partial charge >= 0.3 is 0 Å². The zero-order valence-electron chi connectivity index (χ0n) is 17.3. The molecule has 1 amide bonds. The van der Waals surface area contributed by atoms with Crippen molar-refractivity contribution in [2.75, 3.05) is 32.1 Å². The lowest BCUT2D eigenvalue weighted by Gasteiger charge is -2.21. The Kier molecular flexibility index (Phi) is 8.04. The Labute approximate surface area is 172 Å². The number of benzene rings is 2. The van der Waals surface area contributed by atoms with E-state index in [1.54, 1.807) is 46.1 Å². The van der Waals surface area contributed by atoms with Crippen LogP contribution in [0.4, 0.5) is 5.69 Å². The predicted octanol–water partition coefficient (Wildman–Crippen LogP) is 3.31. The number of nitrogens with zero attached hydrogens (tertiary/aromatic N) is 1. The van der Waals surface area contributed by atoms with Crippen molar-refractivity contribution in [2.24, 2.45) is 0 Å². The normalized spacial score (nSPS) is 11.3. The fourth-order valence-electron chi connectivity index (χ4n) is 2.99. The van der Waals surface area contributed by atoms with Crippen molar-refractivity contribution >= 4 is 21.6 Å². The molecular formula is C21H28N2O5S. The van der Waals surface area contributed by atoms with Crippen LogP contribution in [0.1, 0.15) is 26.3 Å². The molecule has 0 saturated carbocycles. The van der Waals surface area contributed by atoms with Crippen molar-refractivity contribution in [3.63, 3.8) is 0 Å². The van der Waals surface area contributed by atoms with Gasteiger partial charge in [0.25, 0.3) is 0 Å². The van der Waals surface area contributed by atoms with Gasteiger partial charge in [0.15, 0.2) is 0 Å². The molecule has 2 rings (SSSR count). The van der Waals surface area contributed by atoms with Gasteiger partial charge in [-0.1, -0.05) is 32.0 Å². The van der Waals surface area contributed by atoms with Gasteiger partial charge in [-0.25, -0.2) is 8.42 Å². The molecule has 0 unspecified atom stereocenters. The van der Waals surface area contributed by atoms with Crippen LogP contribution < -0.4 is 14.8 Å². The molecule has 0 heterocycles. The summed E-state index contributed by atoms with van der Waals surface area (Å²) in [6.45, 7) is 6.36. The summed E-state index contributed by atoms with van der Waals surface area (Å²) in [4.78, 5) is 12.6. The zero-order valence-corrected chi connectivity index (χ0v) is 18.1. The summed E-state index contributed by atoms with van der Waals surface area (Å²) in [5, 5.41) is 2.77. The van der Waals surface area contributed by atoms with E-state index >= 15 is 0 Å². The summed E-state index contributed by atoms with van der Waals surface area (Å²) >= 11 is 0. The molecule has 0 bridgehead atoms. The highest BCUT2D eigenvalue weighted by atomic mass is 32.2. The van der Waals surface area contributed by atoms with Crippen molar-refractivity contribution in [1.29, 1.82) is 0 Å². The molecule has 0 saturated heterocycles. The lowest BCUT2D eigenvalue weighted by Crippen LogP contribution is -2.31. The van der Waals surface area contributed by atoms with Gasteiger partial charge in [0.1, 0.15) is 16.4 Å². The van der Waals surface area contributed by atoms with Crippen LogP contribution in [0.3, 0.4) is 0 Å². The maximum atomic E-state index is 13.0. The van der Waals surface area contributed by atoms with Crippen LogP contribution in [0.15, 0.2) is 47.4 Å². The Hall–Kier alpha value is -2.58. The van der Waals surface area contributed by atoms with E-state index in [0.29, 0.717) is 31.1 Å². The van der Waals surface area contributed by atoms with Gasteiger partial charge in [-0.3, -0.25) is 4.79 Å². The minimum absolute atomic E-state index is 0.0399. The number of amides is 1. The Balaban J connectivity index is 2.31. The minimum Gasteiger partial charge on any atom is -0.496 e. The molecule has 8 heteroatoms. The molecule has 0 fully saturated rings. The number of carbonyl (C=O) groups excluding carboxylic acids is 1. The monoisotopic (exact) mass is 420 g/mol. The van der Waals surface area contributed by atoms with Gasteiger partial charge in [-0.15, -0.1) is 0 Å². The molecule has 1 N–H and O–H groups in total. The van der Waals surface area contributed by atoms with E-state index in [-0.39, 0.29) is 23.0 Å². The van der Waals surface area contributed by atoms with Crippen molar-refractivity contribution in [2.45, 2.75) is 32.1 Å². The second-order valence-electron chi connectivity index (χ2n) is 6.22. The molecule has 29 heavy (non-hydrogen) atoms. The van der Waals surface area contributed by atoms with Crippen LogP contribution in [0.5, 0.6) is 11.5 Å².